The molecule has 1 atom stereocenters. The lowest BCUT2D eigenvalue weighted by atomic mass is 10.2. The van der Waals surface area contributed by atoms with Crippen LogP contribution >= 0.6 is 15.9 Å². The zero-order valence-corrected chi connectivity index (χ0v) is 16.5. The Bertz CT molecular complexity index is 840. The number of rotatable bonds is 6. The highest BCUT2D eigenvalue weighted by Gasteiger charge is 2.14. The monoisotopic (exact) mass is 434 g/mol. The van der Waals surface area contributed by atoms with Crippen LogP contribution in [0.25, 0.3) is 0 Å². The minimum absolute atomic E-state index is 0.0937. The molecule has 8 heteroatoms. The smallest absolute Gasteiger partial charge is 0.329 e. The maximum Gasteiger partial charge on any atom is 0.329 e. The Kier molecular flexibility index (Phi) is 7.48. The highest BCUT2D eigenvalue weighted by Crippen LogP contribution is 2.23. The second-order valence-corrected chi connectivity index (χ2v) is 6.76. The SMILES string of the molecule is CC[C@@H](C)NC(=O)C(=O)N/N=C\c1cc(Br)ccc1Nc1ccc(F)cc1. The summed E-state index contributed by atoms with van der Waals surface area (Å²) in [6.45, 7) is 3.72. The number of nitrogens with one attached hydrogen (secondary N) is 3. The van der Waals surface area contributed by atoms with Crippen LogP contribution in [0.4, 0.5) is 15.8 Å². The third-order valence-corrected chi connectivity index (χ3v) is 4.20. The van der Waals surface area contributed by atoms with Crippen LogP contribution in [0.2, 0.25) is 0 Å². The van der Waals surface area contributed by atoms with Gasteiger partial charge in [-0.15, -0.1) is 0 Å². The molecule has 0 aromatic heterocycles. The fraction of sp³-hybridized carbons (Fsp3) is 0.211. The van der Waals surface area contributed by atoms with Crippen molar-refractivity contribution >= 4 is 45.3 Å². The number of carbonyl (C=O) groups is 2. The minimum atomic E-state index is -0.838. The quantitative estimate of drug-likeness (QED) is 0.368. The van der Waals surface area contributed by atoms with Gasteiger partial charge >= 0.3 is 11.8 Å². The third kappa shape index (κ3) is 6.49. The first-order chi connectivity index (χ1) is 12.9. The highest BCUT2D eigenvalue weighted by molar-refractivity contribution is 9.10. The average molecular weight is 435 g/mol. The molecule has 0 saturated carbocycles. The summed E-state index contributed by atoms with van der Waals surface area (Å²) in [7, 11) is 0. The van der Waals surface area contributed by atoms with Gasteiger partial charge in [0.1, 0.15) is 5.82 Å². The molecule has 0 saturated heterocycles. The van der Waals surface area contributed by atoms with Crippen LogP contribution in [-0.2, 0) is 9.59 Å². The van der Waals surface area contributed by atoms with Crippen molar-refractivity contribution in [3.63, 3.8) is 0 Å². The van der Waals surface area contributed by atoms with Crippen LogP contribution in [0.15, 0.2) is 52.0 Å². The van der Waals surface area contributed by atoms with Crippen LogP contribution in [0.3, 0.4) is 0 Å². The average Bonchev–Trinajstić information content (AvgIpc) is 2.65. The number of amides is 2. The first kappa shape index (κ1) is 20.6. The molecule has 0 aliphatic heterocycles. The van der Waals surface area contributed by atoms with E-state index < -0.39 is 11.8 Å². The van der Waals surface area contributed by atoms with Gasteiger partial charge in [-0.3, -0.25) is 9.59 Å². The molecule has 2 amide bonds. The number of benzene rings is 2. The standard InChI is InChI=1S/C19H20BrFN4O2/c1-3-12(2)23-18(26)19(27)25-22-11-13-10-14(20)4-9-17(13)24-16-7-5-15(21)6-8-16/h4-12,24H,3H2,1-2H3,(H,23,26)(H,25,27)/b22-11-/t12-/m1/s1. The first-order valence-corrected chi connectivity index (χ1v) is 9.14. The van der Waals surface area contributed by atoms with E-state index in [-0.39, 0.29) is 11.9 Å². The van der Waals surface area contributed by atoms with E-state index in [9.17, 15) is 14.0 Å². The molecule has 3 N–H and O–H groups in total. The van der Waals surface area contributed by atoms with Gasteiger partial charge in [0.05, 0.1) is 6.21 Å². The molecule has 0 heterocycles. The number of hydrogen-bond donors (Lipinski definition) is 3. The summed E-state index contributed by atoms with van der Waals surface area (Å²) < 4.78 is 13.9. The number of nitrogens with zero attached hydrogens (tertiary/aromatic N) is 1. The minimum Gasteiger partial charge on any atom is -0.355 e. The van der Waals surface area contributed by atoms with Crippen LogP contribution in [0.1, 0.15) is 25.8 Å². The maximum absolute atomic E-state index is 13.0. The fourth-order valence-corrected chi connectivity index (χ4v) is 2.42. The predicted octanol–water partition coefficient (Wildman–Crippen LogP) is 3.70. The lowest BCUT2D eigenvalue weighted by Gasteiger charge is -2.11. The van der Waals surface area contributed by atoms with Crippen molar-refractivity contribution in [1.29, 1.82) is 0 Å². The van der Waals surface area contributed by atoms with Crippen molar-refractivity contribution < 1.29 is 14.0 Å². The maximum atomic E-state index is 13.0. The molecule has 2 rings (SSSR count). The Labute approximate surface area is 165 Å². The summed E-state index contributed by atoms with van der Waals surface area (Å²) in [4.78, 5) is 23.5. The molecule has 0 aliphatic carbocycles. The Morgan fingerprint density at radius 1 is 1.19 bits per heavy atom. The molecule has 0 bridgehead atoms. The molecule has 2 aromatic rings. The topological polar surface area (TPSA) is 82.6 Å². The first-order valence-electron chi connectivity index (χ1n) is 8.35. The van der Waals surface area contributed by atoms with E-state index in [4.69, 9.17) is 0 Å². The Morgan fingerprint density at radius 3 is 2.56 bits per heavy atom. The second kappa shape index (κ2) is 9.82. The van der Waals surface area contributed by atoms with Crippen LogP contribution in [0, 0.1) is 5.82 Å². The summed E-state index contributed by atoms with van der Waals surface area (Å²) >= 11 is 3.38. The summed E-state index contributed by atoms with van der Waals surface area (Å²) in [5.74, 6) is -1.90. The van der Waals surface area contributed by atoms with Gasteiger partial charge in [0.25, 0.3) is 0 Å². The van der Waals surface area contributed by atoms with Crippen LogP contribution in [-0.4, -0.2) is 24.1 Å². The van der Waals surface area contributed by atoms with Crippen molar-refractivity contribution in [2.45, 2.75) is 26.3 Å². The zero-order chi connectivity index (χ0) is 19.8. The largest absolute Gasteiger partial charge is 0.355 e. The van der Waals surface area contributed by atoms with Crippen molar-refractivity contribution in [3.8, 4) is 0 Å². The molecule has 142 valence electrons. The van der Waals surface area contributed by atoms with Crippen molar-refractivity contribution in [1.82, 2.24) is 10.7 Å². The third-order valence-electron chi connectivity index (χ3n) is 3.70. The summed E-state index contributed by atoms with van der Waals surface area (Å²) in [6.07, 6.45) is 2.14. The van der Waals surface area contributed by atoms with E-state index in [0.717, 1.165) is 10.9 Å². The molecule has 2 aromatic carbocycles. The van der Waals surface area contributed by atoms with Gasteiger partial charge < -0.3 is 10.6 Å². The summed E-state index contributed by atoms with van der Waals surface area (Å²) in [6, 6.07) is 11.3. The van der Waals surface area contributed by atoms with Gasteiger partial charge in [-0.25, -0.2) is 9.82 Å². The number of carbonyl (C=O) groups excluding carboxylic acids is 2. The van der Waals surface area contributed by atoms with Crippen LogP contribution in [0.5, 0.6) is 0 Å². The number of halogens is 2. The van der Waals surface area contributed by atoms with E-state index in [0.29, 0.717) is 16.9 Å². The molecule has 6 nitrogen and oxygen atoms in total. The van der Waals surface area contributed by atoms with Gasteiger partial charge in [0.15, 0.2) is 0 Å². The van der Waals surface area contributed by atoms with Gasteiger partial charge in [-0.1, -0.05) is 22.9 Å². The zero-order valence-electron chi connectivity index (χ0n) is 14.9. The normalized spacial score (nSPS) is 11.9. The fourth-order valence-electron chi connectivity index (χ4n) is 2.05. The Hall–Kier alpha value is -2.74. The molecule has 0 aliphatic rings. The Morgan fingerprint density at radius 2 is 1.89 bits per heavy atom. The highest BCUT2D eigenvalue weighted by atomic mass is 79.9. The number of hydrazone groups is 1. The van der Waals surface area contributed by atoms with E-state index >= 15 is 0 Å². The summed E-state index contributed by atoms with van der Waals surface area (Å²) in [5, 5.41) is 9.56. The van der Waals surface area contributed by atoms with E-state index in [1.807, 2.05) is 26.0 Å². The van der Waals surface area contributed by atoms with Crippen molar-refractivity contribution in [2.75, 3.05) is 5.32 Å². The molecule has 0 unspecified atom stereocenters. The Balaban J connectivity index is 2.07. The molecule has 0 radical (unpaired) electrons. The molecule has 27 heavy (non-hydrogen) atoms. The second-order valence-electron chi connectivity index (χ2n) is 5.85. The lowest BCUT2D eigenvalue weighted by Crippen LogP contribution is -2.41. The summed E-state index contributed by atoms with van der Waals surface area (Å²) in [5.41, 5.74) is 4.27. The van der Waals surface area contributed by atoms with Gasteiger partial charge in [-0.05, 0) is 55.8 Å². The van der Waals surface area contributed by atoms with Crippen molar-refractivity contribution in [2.24, 2.45) is 5.10 Å². The van der Waals surface area contributed by atoms with Gasteiger partial charge in [-0.2, -0.15) is 5.10 Å². The molecular weight excluding hydrogens is 415 g/mol. The molecular formula is C19H20BrFN4O2. The number of anilines is 2. The van der Waals surface area contributed by atoms with Gasteiger partial charge in [0, 0.05) is 27.5 Å². The molecule has 0 fully saturated rings. The van der Waals surface area contributed by atoms with E-state index in [1.165, 1.54) is 18.3 Å². The predicted molar refractivity (Wildman–Crippen MR) is 107 cm³/mol. The van der Waals surface area contributed by atoms with E-state index in [2.05, 4.69) is 37.1 Å². The van der Waals surface area contributed by atoms with Crippen LogP contribution < -0.4 is 16.1 Å². The number of hydrogen-bond acceptors (Lipinski definition) is 4. The van der Waals surface area contributed by atoms with Gasteiger partial charge in [0.2, 0.25) is 0 Å². The van der Waals surface area contributed by atoms with E-state index in [1.54, 1.807) is 18.2 Å². The van der Waals surface area contributed by atoms with Crippen molar-refractivity contribution in [3.05, 3.63) is 58.3 Å². The lowest BCUT2D eigenvalue weighted by molar-refractivity contribution is -0.139. The molecule has 0 spiro atoms.